The molecule has 0 spiro atoms. The van der Waals surface area contributed by atoms with E-state index in [0.29, 0.717) is 38.2 Å². The van der Waals surface area contributed by atoms with Crippen molar-refractivity contribution in [1.29, 1.82) is 0 Å². The molecule has 1 aromatic rings. The molecule has 1 unspecified atom stereocenters. The van der Waals surface area contributed by atoms with E-state index in [1.54, 1.807) is 11.9 Å². The third kappa shape index (κ3) is 3.26. The minimum absolute atomic E-state index is 0.0838. The van der Waals surface area contributed by atoms with Crippen molar-refractivity contribution < 1.29 is 9.53 Å². The molecule has 0 bridgehead atoms. The number of hydrogen-bond donors (Lipinski definition) is 2. The summed E-state index contributed by atoms with van der Waals surface area (Å²) in [5, 5.41) is 5.67. The summed E-state index contributed by atoms with van der Waals surface area (Å²) < 4.78 is 5.37. The van der Waals surface area contributed by atoms with Gasteiger partial charge in [0, 0.05) is 20.1 Å². The van der Waals surface area contributed by atoms with Gasteiger partial charge in [0.2, 0.25) is 23.1 Å². The fourth-order valence-corrected chi connectivity index (χ4v) is 2.09. The highest BCUT2D eigenvalue weighted by Crippen LogP contribution is 2.18. The number of rotatable bonds is 4. The lowest BCUT2D eigenvalue weighted by molar-refractivity contribution is -0.124. The van der Waals surface area contributed by atoms with E-state index in [1.807, 2.05) is 6.92 Å². The first kappa shape index (κ1) is 14.7. The molecule has 0 saturated carbocycles. The van der Waals surface area contributed by atoms with Crippen molar-refractivity contribution >= 4 is 29.4 Å². The first-order valence-corrected chi connectivity index (χ1v) is 6.75. The molecule has 1 atom stereocenters. The maximum Gasteiger partial charge on any atom is 0.245 e. The van der Waals surface area contributed by atoms with Crippen molar-refractivity contribution in [3.63, 3.8) is 0 Å². The first-order chi connectivity index (χ1) is 9.65. The van der Waals surface area contributed by atoms with E-state index in [0.717, 1.165) is 0 Å². The van der Waals surface area contributed by atoms with Gasteiger partial charge in [-0.05, 0) is 18.5 Å². The summed E-state index contributed by atoms with van der Waals surface area (Å²) in [4.78, 5) is 26.1. The molecule has 9 heteroatoms. The van der Waals surface area contributed by atoms with Gasteiger partial charge in [-0.2, -0.15) is 15.0 Å². The number of aromatic nitrogens is 3. The van der Waals surface area contributed by atoms with Crippen LogP contribution in [-0.2, 0) is 9.53 Å². The summed E-state index contributed by atoms with van der Waals surface area (Å²) in [6, 6.07) is -0.466. The van der Waals surface area contributed by atoms with Crippen LogP contribution >= 0.6 is 11.6 Å². The lowest BCUT2D eigenvalue weighted by Gasteiger charge is -2.34. The number of hydrogen-bond acceptors (Lipinski definition) is 7. The summed E-state index contributed by atoms with van der Waals surface area (Å²) >= 11 is 5.88. The smallest absolute Gasteiger partial charge is 0.245 e. The average molecular weight is 301 g/mol. The van der Waals surface area contributed by atoms with Crippen molar-refractivity contribution in [1.82, 2.24) is 20.3 Å². The van der Waals surface area contributed by atoms with Crippen LogP contribution in [0.15, 0.2) is 0 Å². The van der Waals surface area contributed by atoms with Crippen molar-refractivity contribution in [2.75, 3.05) is 43.6 Å². The van der Waals surface area contributed by atoms with Crippen LogP contribution in [-0.4, -0.2) is 60.3 Å². The monoisotopic (exact) mass is 300 g/mol. The normalized spacial score (nSPS) is 18.8. The Labute approximate surface area is 121 Å². The maximum absolute atomic E-state index is 12.1. The highest BCUT2D eigenvalue weighted by atomic mass is 35.5. The molecule has 20 heavy (non-hydrogen) atoms. The van der Waals surface area contributed by atoms with E-state index in [4.69, 9.17) is 16.3 Å². The largest absolute Gasteiger partial charge is 0.377 e. The number of halogens is 1. The highest BCUT2D eigenvalue weighted by molar-refractivity contribution is 6.28. The van der Waals surface area contributed by atoms with E-state index >= 15 is 0 Å². The van der Waals surface area contributed by atoms with E-state index < -0.39 is 6.04 Å². The number of amides is 1. The van der Waals surface area contributed by atoms with Gasteiger partial charge in [0.05, 0.1) is 13.2 Å². The third-order valence-electron chi connectivity index (χ3n) is 2.86. The topological polar surface area (TPSA) is 92.3 Å². The van der Waals surface area contributed by atoms with Gasteiger partial charge in [0.1, 0.15) is 6.04 Å². The molecule has 1 aliphatic heterocycles. The molecule has 1 aliphatic rings. The van der Waals surface area contributed by atoms with Crippen molar-refractivity contribution in [2.45, 2.75) is 13.0 Å². The minimum atomic E-state index is -0.466. The van der Waals surface area contributed by atoms with Crippen molar-refractivity contribution in [3.8, 4) is 0 Å². The van der Waals surface area contributed by atoms with E-state index in [2.05, 4.69) is 25.6 Å². The molecule has 1 amide bonds. The number of nitrogens with one attached hydrogen (secondary N) is 2. The molecule has 2 heterocycles. The molecule has 1 fully saturated rings. The fourth-order valence-electron chi connectivity index (χ4n) is 1.93. The Morgan fingerprint density at radius 2 is 2.30 bits per heavy atom. The van der Waals surface area contributed by atoms with Gasteiger partial charge in [-0.3, -0.25) is 4.79 Å². The molecular weight excluding hydrogens is 284 g/mol. The quantitative estimate of drug-likeness (QED) is 0.802. The number of carbonyl (C=O) groups excluding carboxylic acids is 1. The molecule has 1 saturated heterocycles. The molecule has 0 radical (unpaired) electrons. The number of nitrogens with zero attached hydrogens (tertiary/aromatic N) is 4. The summed E-state index contributed by atoms with van der Waals surface area (Å²) in [5.41, 5.74) is 0. The predicted octanol–water partition coefficient (Wildman–Crippen LogP) is -0.0920. The molecule has 2 N–H and O–H groups in total. The molecule has 8 nitrogen and oxygen atoms in total. The number of ether oxygens (including phenoxy) is 1. The molecule has 0 aliphatic carbocycles. The third-order valence-corrected chi connectivity index (χ3v) is 3.03. The van der Waals surface area contributed by atoms with Crippen LogP contribution in [0.1, 0.15) is 6.92 Å². The molecule has 1 aromatic heterocycles. The van der Waals surface area contributed by atoms with Gasteiger partial charge in [-0.25, -0.2) is 0 Å². The second kappa shape index (κ2) is 6.67. The molecule has 0 aromatic carbocycles. The van der Waals surface area contributed by atoms with E-state index in [1.165, 1.54) is 0 Å². The molecule has 2 rings (SSSR count). The Morgan fingerprint density at radius 3 is 3.00 bits per heavy atom. The van der Waals surface area contributed by atoms with Crippen LogP contribution in [0.4, 0.5) is 11.9 Å². The SMILES string of the molecule is CCNC(=O)C1COCCN1c1nc(Cl)nc(NC)n1. The number of carbonyl (C=O) groups is 1. The van der Waals surface area contributed by atoms with Crippen LogP contribution in [0.3, 0.4) is 0 Å². The summed E-state index contributed by atoms with van der Waals surface area (Å²) in [6.07, 6.45) is 0. The highest BCUT2D eigenvalue weighted by Gasteiger charge is 2.31. The Bertz CT molecular complexity index is 486. The zero-order chi connectivity index (χ0) is 14.5. The zero-order valence-corrected chi connectivity index (χ0v) is 12.1. The summed E-state index contributed by atoms with van der Waals surface area (Å²) in [6.45, 7) is 3.75. The predicted molar refractivity (Wildman–Crippen MR) is 75.0 cm³/mol. The first-order valence-electron chi connectivity index (χ1n) is 6.37. The molecular formula is C11H17ClN6O2. The lowest BCUT2D eigenvalue weighted by Crippen LogP contribution is -2.54. The van der Waals surface area contributed by atoms with Crippen molar-refractivity contribution in [3.05, 3.63) is 5.28 Å². The Kier molecular flexibility index (Phi) is 4.91. The Morgan fingerprint density at radius 1 is 1.50 bits per heavy atom. The number of likely N-dealkylation sites (N-methyl/N-ethyl adjacent to an activating group) is 1. The van der Waals surface area contributed by atoms with Gasteiger partial charge < -0.3 is 20.3 Å². The van der Waals surface area contributed by atoms with Crippen LogP contribution in [0.5, 0.6) is 0 Å². The average Bonchev–Trinajstić information content (AvgIpc) is 2.46. The van der Waals surface area contributed by atoms with Crippen LogP contribution in [0.25, 0.3) is 0 Å². The molecule has 110 valence electrons. The van der Waals surface area contributed by atoms with Gasteiger partial charge >= 0.3 is 0 Å². The zero-order valence-electron chi connectivity index (χ0n) is 11.4. The number of morpholine rings is 1. The van der Waals surface area contributed by atoms with Crippen LogP contribution < -0.4 is 15.5 Å². The number of anilines is 2. The van der Waals surface area contributed by atoms with Crippen LogP contribution in [0, 0.1) is 0 Å². The van der Waals surface area contributed by atoms with Gasteiger partial charge in [-0.1, -0.05) is 0 Å². The summed E-state index contributed by atoms with van der Waals surface area (Å²) in [7, 11) is 1.69. The standard InChI is InChI=1S/C11H17ClN6O2/c1-3-14-8(19)7-6-20-5-4-18(7)11-16-9(12)15-10(13-2)17-11/h7H,3-6H2,1-2H3,(H,14,19)(H,13,15,16,17). The lowest BCUT2D eigenvalue weighted by atomic mass is 10.2. The second-order valence-corrected chi connectivity index (χ2v) is 4.49. The van der Waals surface area contributed by atoms with Gasteiger partial charge in [0.25, 0.3) is 0 Å². The maximum atomic E-state index is 12.1. The van der Waals surface area contributed by atoms with Gasteiger partial charge in [-0.15, -0.1) is 0 Å². The minimum Gasteiger partial charge on any atom is -0.377 e. The Hall–Kier alpha value is -1.67. The van der Waals surface area contributed by atoms with E-state index in [9.17, 15) is 4.79 Å². The van der Waals surface area contributed by atoms with Crippen LogP contribution in [0.2, 0.25) is 5.28 Å². The summed E-state index contributed by atoms with van der Waals surface area (Å²) in [5.74, 6) is 0.616. The van der Waals surface area contributed by atoms with E-state index in [-0.39, 0.29) is 11.2 Å². The van der Waals surface area contributed by atoms with Crippen molar-refractivity contribution in [2.24, 2.45) is 0 Å². The second-order valence-electron chi connectivity index (χ2n) is 4.16. The van der Waals surface area contributed by atoms with Gasteiger partial charge in [0.15, 0.2) is 0 Å². The Balaban J connectivity index is 2.27. The fraction of sp³-hybridized carbons (Fsp3) is 0.636.